The van der Waals surface area contributed by atoms with Crippen LogP contribution in [0.1, 0.15) is 58.8 Å². The molecular weight excluding hydrogens is 176 g/mol. The third-order valence-corrected chi connectivity index (χ3v) is 2.69. The number of unbranched alkanes of at least 4 members (excludes halogenated alkanes) is 5. The van der Waals surface area contributed by atoms with Crippen LogP contribution >= 0.6 is 0 Å². The second kappa shape index (κ2) is 7.24. The van der Waals surface area contributed by atoms with Crippen molar-refractivity contribution < 1.29 is 9.47 Å². The van der Waals surface area contributed by atoms with Gasteiger partial charge in [-0.3, -0.25) is 0 Å². The van der Waals surface area contributed by atoms with E-state index in [2.05, 4.69) is 13.8 Å². The molecule has 1 saturated heterocycles. The fraction of sp³-hybridized carbons (Fsp3) is 1.00. The number of hydrogen-bond acceptors (Lipinski definition) is 2. The topological polar surface area (TPSA) is 18.5 Å². The third kappa shape index (κ3) is 4.97. The maximum absolute atomic E-state index is 5.57. The highest BCUT2D eigenvalue weighted by Crippen LogP contribution is 2.17. The van der Waals surface area contributed by atoms with Gasteiger partial charge in [-0.15, -0.1) is 0 Å². The predicted octanol–water partition coefficient (Wildman–Crippen LogP) is 3.50. The average molecular weight is 200 g/mol. The molecule has 14 heavy (non-hydrogen) atoms. The first-order valence-electron chi connectivity index (χ1n) is 6.10. The van der Waals surface area contributed by atoms with Gasteiger partial charge in [0.2, 0.25) is 0 Å². The number of rotatable bonds is 7. The molecule has 0 aromatic rings. The van der Waals surface area contributed by atoms with Gasteiger partial charge in [0.1, 0.15) is 0 Å². The van der Waals surface area contributed by atoms with E-state index in [1.165, 1.54) is 38.5 Å². The molecule has 2 heteroatoms. The molecule has 0 amide bonds. The fourth-order valence-electron chi connectivity index (χ4n) is 1.82. The van der Waals surface area contributed by atoms with Crippen LogP contribution in [0, 0.1) is 0 Å². The zero-order valence-corrected chi connectivity index (χ0v) is 9.63. The van der Waals surface area contributed by atoms with Gasteiger partial charge in [-0.1, -0.05) is 39.0 Å². The maximum Gasteiger partial charge on any atom is 0.158 e. The van der Waals surface area contributed by atoms with Gasteiger partial charge < -0.3 is 9.47 Å². The lowest BCUT2D eigenvalue weighted by Gasteiger charge is -2.08. The van der Waals surface area contributed by atoms with Crippen LogP contribution in [-0.2, 0) is 9.47 Å². The molecule has 1 rings (SSSR count). The van der Waals surface area contributed by atoms with Gasteiger partial charge in [0.15, 0.2) is 6.29 Å². The molecule has 1 heterocycles. The second-order valence-electron chi connectivity index (χ2n) is 4.27. The zero-order chi connectivity index (χ0) is 10.2. The van der Waals surface area contributed by atoms with Crippen LogP contribution < -0.4 is 0 Å². The van der Waals surface area contributed by atoms with E-state index < -0.39 is 0 Å². The third-order valence-electron chi connectivity index (χ3n) is 2.69. The zero-order valence-electron chi connectivity index (χ0n) is 9.63. The van der Waals surface area contributed by atoms with Crippen molar-refractivity contribution in [3.05, 3.63) is 0 Å². The molecule has 0 aromatic carbocycles. The highest BCUT2D eigenvalue weighted by molar-refractivity contribution is 4.60. The summed E-state index contributed by atoms with van der Waals surface area (Å²) in [5.74, 6) is 0. The number of hydrogen-bond donors (Lipinski definition) is 0. The molecule has 0 spiro atoms. The Kier molecular flexibility index (Phi) is 6.20. The summed E-state index contributed by atoms with van der Waals surface area (Å²) in [7, 11) is 0. The average Bonchev–Trinajstić information content (AvgIpc) is 2.58. The van der Waals surface area contributed by atoms with E-state index in [4.69, 9.17) is 9.47 Å². The Morgan fingerprint density at radius 2 is 1.79 bits per heavy atom. The maximum atomic E-state index is 5.57. The molecule has 1 aliphatic rings. The van der Waals surface area contributed by atoms with Crippen molar-refractivity contribution in [3.63, 3.8) is 0 Å². The van der Waals surface area contributed by atoms with Crippen LogP contribution in [0.15, 0.2) is 0 Å². The SMILES string of the molecule is CCCCCCCC[C@H]1OC[C@@H](C)O1. The van der Waals surface area contributed by atoms with Crippen molar-refractivity contribution in [3.8, 4) is 0 Å². The van der Waals surface area contributed by atoms with Crippen LogP contribution in [0.3, 0.4) is 0 Å². The first-order valence-corrected chi connectivity index (χ1v) is 6.10. The van der Waals surface area contributed by atoms with Crippen molar-refractivity contribution in [1.82, 2.24) is 0 Å². The minimum absolute atomic E-state index is 0.0937. The minimum Gasteiger partial charge on any atom is -0.350 e. The van der Waals surface area contributed by atoms with Crippen LogP contribution in [-0.4, -0.2) is 19.0 Å². The summed E-state index contributed by atoms with van der Waals surface area (Å²) in [6, 6.07) is 0. The normalized spacial score (nSPS) is 27.0. The molecule has 0 aliphatic carbocycles. The Bertz CT molecular complexity index is 136. The van der Waals surface area contributed by atoms with E-state index in [-0.39, 0.29) is 6.29 Å². The Balaban J connectivity index is 1.84. The Labute approximate surface area is 88.0 Å². The van der Waals surface area contributed by atoms with Gasteiger partial charge in [0.25, 0.3) is 0 Å². The lowest BCUT2D eigenvalue weighted by molar-refractivity contribution is -0.0604. The fourth-order valence-corrected chi connectivity index (χ4v) is 1.82. The van der Waals surface area contributed by atoms with E-state index in [1.807, 2.05) is 0 Å². The molecule has 0 saturated carbocycles. The molecular formula is C12H24O2. The Morgan fingerprint density at radius 1 is 1.07 bits per heavy atom. The lowest BCUT2D eigenvalue weighted by atomic mass is 10.1. The van der Waals surface area contributed by atoms with Crippen LogP contribution in [0.2, 0.25) is 0 Å². The molecule has 2 atom stereocenters. The standard InChI is InChI=1S/C12H24O2/c1-3-4-5-6-7-8-9-12-13-10-11(2)14-12/h11-12H,3-10H2,1-2H3/t11-,12+/m1/s1. The largest absolute Gasteiger partial charge is 0.350 e. The summed E-state index contributed by atoms with van der Waals surface area (Å²) < 4.78 is 11.0. The summed E-state index contributed by atoms with van der Waals surface area (Å²) >= 11 is 0. The quantitative estimate of drug-likeness (QED) is 0.586. The van der Waals surface area contributed by atoms with Crippen LogP contribution in [0.5, 0.6) is 0 Å². The molecule has 84 valence electrons. The van der Waals surface area contributed by atoms with Crippen LogP contribution in [0.25, 0.3) is 0 Å². The molecule has 0 unspecified atom stereocenters. The van der Waals surface area contributed by atoms with Crippen molar-refractivity contribution in [2.24, 2.45) is 0 Å². The molecule has 1 fully saturated rings. The molecule has 1 aliphatic heterocycles. The molecule has 0 radical (unpaired) electrons. The smallest absolute Gasteiger partial charge is 0.158 e. The Morgan fingerprint density at radius 3 is 2.43 bits per heavy atom. The first-order chi connectivity index (χ1) is 6.83. The van der Waals surface area contributed by atoms with Gasteiger partial charge in [0.05, 0.1) is 12.7 Å². The van der Waals surface area contributed by atoms with Gasteiger partial charge >= 0.3 is 0 Å². The molecule has 0 aromatic heterocycles. The van der Waals surface area contributed by atoms with Crippen LogP contribution in [0.4, 0.5) is 0 Å². The second-order valence-corrected chi connectivity index (χ2v) is 4.27. The summed E-state index contributed by atoms with van der Waals surface area (Å²) in [5, 5.41) is 0. The highest BCUT2D eigenvalue weighted by atomic mass is 16.7. The van der Waals surface area contributed by atoms with E-state index in [9.17, 15) is 0 Å². The minimum atomic E-state index is 0.0937. The lowest BCUT2D eigenvalue weighted by Crippen LogP contribution is -2.08. The summed E-state index contributed by atoms with van der Waals surface area (Å²) in [4.78, 5) is 0. The molecule has 0 bridgehead atoms. The number of ether oxygens (including phenoxy) is 2. The van der Waals surface area contributed by atoms with E-state index in [0.29, 0.717) is 6.10 Å². The van der Waals surface area contributed by atoms with Crippen molar-refractivity contribution in [2.45, 2.75) is 71.2 Å². The predicted molar refractivity (Wildman–Crippen MR) is 58.3 cm³/mol. The molecule has 2 nitrogen and oxygen atoms in total. The monoisotopic (exact) mass is 200 g/mol. The van der Waals surface area contributed by atoms with Crippen molar-refractivity contribution >= 4 is 0 Å². The van der Waals surface area contributed by atoms with E-state index >= 15 is 0 Å². The first kappa shape index (κ1) is 12.0. The van der Waals surface area contributed by atoms with E-state index in [1.54, 1.807) is 0 Å². The summed E-state index contributed by atoms with van der Waals surface area (Å²) in [5.41, 5.74) is 0. The van der Waals surface area contributed by atoms with Gasteiger partial charge in [-0.2, -0.15) is 0 Å². The van der Waals surface area contributed by atoms with Crippen molar-refractivity contribution in [1.29, 1.82) is 0 Å². The van der Waals surface area contributed by atoms with Crippen molar-refractivity contribution in [2.75, 3.05) is 6.61 Å². The van der Waals surface area contributed by atoms with Gasteiger partial charge in [-0.25, -0.2) is 0 Å². The van der Waals surface area contributed by atoms with Gasteiger partial charge in [0, 0.05) is 0 Å². The van der Waals surface area contributed by atoms with Gasteiger partial charge in [-0.05, 0) is 19.8 Å². The molecule has 0 N–H and O–H groups in total. The summed E-state index contributed by atoms with van der Waals surface area (Å²) in [6.07, 6.45) is 9.53. The highest BCUT2D eigenvalue weighted by Gasteiger charge is 2.21. The summed E-state index contributed by atoms with van der Waals surface area (Å²) in [6.45, 7) is 5.10. The van der Waals surface area contributed by atoms with E-state index in [0.717, 1.165) is 13.0 Å². The Hall–Kier alpha value is -0.0800.